The predicted octanol–water partition coefficient (Wildman–Crippen LogP) is 1.30. The Kier molecular flexibility index (Phi) is 5.36. The van der Waals surface area contributed by atoms with Crippen LogP contribution in [0.1, 0.15) is 35.7 Å². The van der Waals surface area contributed by atoms with Gasteiger partial charge in [0.1, 0.15) is 0 Å². The Morgan fingerprint density at radius 3 is 2.53 bits per heavy atom. The number of benzene rings is 1. The van der Waals surface area contributed by atoms with Gasteiger partial charge in [0.05, 0.1) is 12.1 Å². The van der Waals surface area contributed by atoms with E-state index in [1.807, 2.05) is 19.9 Å². The lowest BCUT2D eigenvalue weighted by Crippen LogP contribution is -2.39. The highest BCUT2D eigenvalue weighted by Crippen LogP contribution is 2.18. The summed E-state index contributed by atoms with van der Waals surface area (Å²) in [4.78, 5) is 25.0. The maximum absolute atomic E-state index is 12.5. The molecule has 5 nitrogen and oxygen atoms in total. The van der Waals surface area contributed by atoms with E-state index in [4.69, 9.17) is 11.5 Å². The molecular weight excluding hydrogens is 242 g/mol. The van der Waals surface area contributed by atoms with Gasteiger partial charge < -0.3 is 16.4 Å². The van der Waals surface area contributed by atoms with Crippen LogP contribution < -0.4 is 11.5 Å². The Balaban J connectivity index is 3.01. The van der Waals surface area contributed by atoms with Crippen LogP contribution in [-0.2, 0) is 4.79 Å². The molecule has 104 valence electrons. The van der Waals surface area contributed by atoms with Crippen molar-refractivity contribution in [2.45, 2.75) is 26.7 Å². The van der Waals surface area contributed by atoms with E-state index in [0.29, 0.717) is 17.8 Å². The molecule has 0 aliphatic carbocycles. The zero-order chi connectivity index (χ0) is 14.4. The molecule has 1 rings (SSSR count). The smallest absolute Gasteiger partial charge is 0.256 e. The SMILES string of the molecule is CCCCN(CC(N)=O)C(=O)c1c(C)cccc1N. The number of nitrogens with two attached hydrogens (primary N) is 2. The Bertz CT molecular complexity index is 452. The van der Waals surface area contributed by atoms with Gasteiger partial charge in [-0.15, -0.1) is 0 Å². The summed E-state index contributed by atoms with van der Waals surface area (Å²) in [6.45, 7) is 4.28. The van der Waals surface area contributed by atoms with Crippen LogP contribution >= 0.6 is 0 Å². The summed E-state index contributed by atoms with van der Waals surface area (Å²) in [7, 11) is 0. The topological polar surface area (TPSA) is 89.4 Å². The molecule has 19 heavy (non-hydrogen) atoms. The van der Waals surface area contributed by atoms with Crippen molar-refractivity contribution >= 4 is 17.5 Å². The lowest BCUT2D eigenvalue weighted by molar-refractivity contribution is -0.118. The van der Waals surface area contributed by atoms with Gasteiger partial charge in [0.2, 0.25) is 5.91 Å². The van der Waals surface area contributed by atoms with Crippen LogP contribution in [0, 0.1) is 6.92 Å². The maximum Gasteiger partial charge on any atom is 0.256 e. The van der Waals surface area contributed by atoms with Gasteiger partial charge in [-0.25, -0.2) is 0 Å². The number of amides is 2. The zero-order valence-corrected chi connectivity index (χ0v) is 11.5. The summed E-state index contributed by atoms with van der Waals surface area (Å²) in [6, 6.07) is 5.31. The highest BCUT2D eigenvalue weighted by atomic mass is 16.2. The van der Waals surface area contributed by atoms with Crippen molar-refractivity contribution in [3.05, 3.63) is 29.3 Å². The van der Waals surface area contributed by atoms with E-state index in [2.05, 4.69) is 0 Å². The van der Waals surface area contributed by atoms with Crippen LogP contribution in [0.2, 0.25) is 0 Å². The summed E-state index contributed by atoms with van der Waals surface area (Å²) in [5.41, 5.74) is 12.7. The average Bonchev–Trinajstić information content (AvgIpc) is 2.33. The molecule has 0 saturated carbocycles. The van der Waals surface area contributed by atoms with Crippen LogP contribution in [0.3, 0.4) is 0 Å². The molecule has 0 bridgehead atoms. The molecule has 0 aliphatic heterocycles. The lowest BCUT2D eigenvalue weighted by Gasteiger charge is -2.22. The number of carbonyl (C=O) groups is 2. The average molecular weight is 263 g/mol. The Morgan fingerprint density at radius 1 is 1.32 bits per heavy atom. The zero-order valence-electron chi connectivity index (χ0n) is 11.5. The number of nitrogens with zero attached hydrogens (tertiary/aromatic N) is 1. The predicted molar refractivity (Wildman–Crippen MR) is 75.6 cm³/mol. The van der Waals surface area contributed by atoms with Crippen molar-refractivity contribution in [3.8, 4) is 0 Å². The second-order valence-corrected chi connectivity index (χ2v) is 4.59. The van der Waals surface area contributed by atoms with E-state index in [1.54, 1.807) is 12.1 Å². The number of aryl methyl sites for hydroxylation is 1. The molecule has 0 spiro atoms. The van der Waals surface area contributed by atoms with Crippen molar-refractivity contribution in [1.82, 2.24) is 4.90 Å². The van der Waals surface area contributed by atoms with E-state index in [1.165, 1.54) is 4.90 Å². The number of hydrogen-bond acceptors (Lipinski definition) is 3. The number of unbranched alkanes of at least 4 members (excludes halogenated alkanes) is 1. The largest absolute Gasteiger partial charge is 0.398 e. The van der Waals surface area contributed by atoms with Crippen molar-refractivity contribution < 1.29 is 9.59 Å². The summed E-state index contributed by atoms with van der Waals surface area (Å²) >= 11 is 0. The number of rotatable bonds is 6. The quantitative estimate of drug-likeness (QED) is 0.758. The molecule has 0 radical (unpaired) electrons. The molecule has 0 aromatic heterocycles. The maximum atomic E-state index is 12.5. The van der Waals surface area contributed by atoms with Crippen molar-refractivity contribution in [3.63, 3.8) is 0 Å². The van der Waals surface area contributed by atoms with Crippen molar-refractivity contribution in [2.24, 2.45) is 5.73 Å². The van der Waals surface area contributed by atoms with Gasteiger partial charge >= 0.3 is 0 Å². The first-order valence-electron chi connectivity index (χ1n) is 6.40. The molecule has 4 N–H and O–H groups in total. The summed E-state index contributed by atoms with van der Waals surface area (Å²) in [6.07, 6.45) is 1.76. The number of anilines is 1. The second kappa shape index (κ2) is 6.78. The van der Waals surface area contributed by atoms with E-state index in [-0.39, 0.29) is 12.5 Å². The first kappa shape index (κ1) is 15.0. The monoisotopic (exact) mass is 263 g/mol. The third-order valence-electron chi connectivity index (χ3n) is 2.93. The van der Waals surface area contributed by atoms with Crippen molar-refractivity contribution in [2.75, 3.05) is 18.8 Å². The van der Waals surface area contributed by atoms with Gasteiger partial charge in [-0.3, -0.25) is 9.59 Å². The fourth-order valence-corrected chi connectivity index (χ4v) is 1.93. The van der Waals surface area contributed by atoms with E-state index in [9.17, 15) is 9.59 Å². The molecule has 0 saturated heterocycles. The Hall–Kier alpha value is -2.04. The minimum Gasteiger partial charge on any atom is -0.398 e. The third-order valence-corrected chi connectivity index (χ3v) is 2.93. The lowest BCUT2D eigenvalue weighted by atomic mass is 10.1. The van der Waals surface area contributed by atoms with Gasteiger partial charge in [-0.1, -0.05) is 25.5 Å². The van der Waals surface area contributed by atoms with Gasteiger partial charge in [-0.2, -0.15) is 0 Å². The minimum atomic E-state index is -0.517. The van der Waals surface area contributed by atoms with Gasteiger partial charge in [0.15, 0.2) is 0 Å². The fourth-order valence-electron chi connectivity index (χ4n) is 1.93. The molecule has 0 aliphatic rings. The van der Waals surface area contributed by atoms with Crippen LogP contribution in [-0.4, -0.2) is 29.8 Å². The van der Waals surface area contributed by atoms with E-state index < -0.39 is 5.91 Å². The molecule has 0 unspecified atom stereocenters. The number of primary amides is 1. The molecule has 2 amide bonds. The van der Waals surface area contributed by atoms with Crippen LogP contribution in [0.4, 0.5) is 5.69 Å². The van der Waals surface area contributed by atoms with Gasteiger partial charge in [-0.05, 0) is 25.0 Å². The molecule has 0 atom stereocenters. The van der Waals surface area contributed by atoms with Gasteiger partial charge in [0, 0.05) is 12.2 Å². The highest BCUT2D eigenvalue weighted by Gasteiger charge is 2.20. The third kappa shape index (κ3) is 3.98. The molecule has 1 aromatic rings. The van der Waals surface area contributed by atoms with Crippen LogP contribution in [0.15, 0.2) is 18.2 Å². The number of nitrogen functional groups attached to an aromatic ring is 1. The number of carbonyl (C=O) groups excluding carboxylic acids is 2. The number of hydrogen-bond donors (Lipinski definition) is 2. The summed E-state index contributed by atoms with van der Waals surface area (Å²) < 4.78 is 0. The second-order valence-electron chi connectivity index (χ2n) is 4.59. The van der Waals surface area contributed by atoms with E-state index in [0.717, 1.165) is 18.4 Å². The van der Waals surface area contributed by atoms with Gasteiger partial charge in [0.25, 0.3) is 5.91 Å². The van der Waals surface area contributed by atoms with E-state index >= 15 is 0 Å². The first-order valence-corrected chi connectivity index (χ1v) is 6.40. The fraction of sp³-hybridized carbons (Fsp3) is 0.429. The van der Waals surface area contributed by atoms with Crippen LogP contribution in [0.5, 0.6) is 0 Å². The Labute approximate surface area is 113 Å². The molecule has 1 aromatic carbocycles. The molecular formula is C14H21N3O2. The summed E-state index contributed by atoms with van der Waals surface area (Å²) in [5.74, 6) is -0.751. The standard InChI is InChI=1S/C14H21N3O2/c1-3-4-8-17(9-12(16)18)14(19)13-10(2)6-5-7-11(13)15/h5-7H,3-4,8-9,15H2,1-2H3,(H2,16,18). The normalized spacial score (nSPS) is 10.2. The van der Waals surface area contributed by atoms with Crippen molar-refractivity contribution in [1.29, 1.82) is 0 Å². The summed E-state index contributed by atoms with van der Waals surface area (Å²) in [5, 5.41) is 0. The minimum absolute atomic E-state index is 0.0768. The molecule has 0 fully saturated rings. The molecule has 0 heterocycles. The molecule has 5 heteroatoms. The first-order chi connectivity index (χ1) is 8.97. The highest BCUT2D eigenvalue weighted by molar-refractivity contribution is 6.01. The van der Waals surface area contributed by atoms with Crippen LogP contribution in [0.25, 0.3) is 0 Å². The Morgan fingerprint density at radius 2 is 2.00 bits per heavy atom.